The topological polar surface area (TPSA) is 102 Å². The molecule has 1 heterocycles. The molecule has 0 aromatic heterocycles. The van der Waals surface area contributed by atoms with Gasteiger partial charge in [-0.15, -0.1) is 0 Å². The summed E-state index contributed by atoms with van der Waals surface area (Å²) in [6.07, 6.45) is 0. The molecule has 3 aromatic carbocycles. The molecule has 184 valence electrons. The van der Waals surface area contributed by atoms with Crippen LogP contribution >= 0.6 is 0 Å². The van der Waals surface area contributed by atoms with Crippen molar-refractivity contribution in [1.82, 2.24) is 0 Å². The highest BCUT2D eigenvalue weighted by atomic mass is 16.5. The van der Waals surface area contributed by atoms with Crippen LogP contribution in [0.5, 0.6) is 11.5 Å². The number of esters is 1. The lowest BCUT2D eigenvalue weighted by molar-refractivity contribution is -0.132. The van der Waals surface area contributed by atoms with Crippen molar-refractivity contribution >= 4 is 29.1 Å². The van der Waals surface area contributed by atoms with Crippen molar-refractivity contribution in [3.8, 4) is 11.5 Å². The first-order chi connectivity index (χ1) is 17.4. The molecule has 0 radical (unpaired) electrons. The van der Waals surface area contributed by atoms with E-state index in [1.54, 1.807) is 67.6 Å². The molecule has 1 atom stereocenters. The van der Waals surface area contributed by atoms with E-state index in [0.717, 1.165) is 0 Å². The molecule has 3 aromatic rings. The summed E-state index contributed by atoms with van der Waals surface area (Å²) in [5.74, 6) is -1.55. The Labute approximate surface area is 208 Å². The van der Waals surface area contributed by atoms with Crippen molar-refractivity contribution in [1.29, 1.82) is 0 Å². The van der Waals surface area contributed by atoms with E-state index in [1.165, 1.54) is 31.3 Å². The van der Waals surface area contributed by atoms with Crippen molar-refractivity contribution < 1.29 is 33.7 Å². The molecule has 0 bridgehead atoms. The number of carbonyl (C=O) groups excluding carboxylic acids is 3. The lowest BCUT2D eigenvalue weighted by Gasteiger charge is -2.26. The zero-order valence-corrected chi connectivity index (χ0v) is 20.1. The zero-order chi connectivity index (χ0) is 25.8. The first-order valence-electron chi connectivity index (χ1n) is 11.3. The molecule has 0 spiro atoms. The van der Waals surface area contributed by atoms with Gasteiger partial charge >= 0.3 is 5.97 Å². The van der Waals surface area contributed by atoms with Gasteiger partial charge in [-0.1, -0.05) is 36.4 Å². The molecular formula is C28H25NO7. The molecule has 1 aliphatic heterocycles. The minimum Gasteiger partial charge on any atom is -0.507 e. The predicted octanol–water partition coefficient (Wildman–Crippen LogP) is 4.51. The van der Waals surface area contributed by atoms with Gasteiger partial charge in [-0.05, 0) is 48.9 Å². The van der Waals surface area contributed by atoms with Gasteiger partial charge in [-0.25, -0.2) is 4.79 Å². The van der Waals surface area contributed by atoms with Gasteiger partial charge in [0.15, 0.2) is 11.5 Å². The Balaban J connectivity index is 1.89. The number of methoxy groups -OCH3 is 2. The van der Waals surface area contributed by atoms with Crippen LogP contribution in [-0.4, -0.2) is 43.6 Å². The van der Waals surface area contributed by atoms with E-state index in [4.69, 9.17) is 14.2 Å². The van der Waals surface area contributed by atoms with Crippen LogP contribution in [0.1, 0.15) is 34.5 Å². The van der Waals surface area contributed by atoms with Crippen LogP contribution in [0.25, 0.3) is 5.76 Å². The molecule has 0 saturated carbocycles. The smallest absolute Gasteiger partial charge is 0.338 e. The summed E-state index contributed by atoms with van der Waals surface area (Å²) >= 11 is 0. The second-order valence-electron chi connectivity index (χ2n) is 7.92. The molecule has 1 amide bonds. The Morgan fingerprint density at radius 1 is 0.889 bits per heavy atom. The van der Waals surface area contributed by atoms with E-state index >= 15 is 0 Å². The van der Waals surface area contributed by atoms with Gasteiger partial charge in [0.1, 0.15) is 5.76 Å². The normalized spacial score (nSPS) is 16.6. The summed E-state index contributed by atoms with van der Waals surface area (Å²) in [7, 11) is 2.99. The van der Waals surface area contributed by atoms with Crippen LogP contribution in [0.3, 0.4) is 0 Å². The Morgan fingerprint density at radius 2 is 1.56 bits per heavy atom. The van der Waals surface area contributed by atoms with Gasteiger partial charge < -0.3 is 19.3 Å². The number of anilines is 1. The number of hydrogen-bond acceptors (Lipinski definition) is 7. The highest BCUT2D eigenvalue weighted by molar-refractivity contribution is 6.51. The molecule has 0 aliphatic carbocycles. The Morgan fingerprint density at radius 3 is 2.17 bits per heavy atom. The van der Waals surface area contributed by atoms with Crippen molar-refractivity contribution in [2.75, 3.05) is 25.7 Å². The van der Waals surface area contributed by atoms with Crippen LogP contribution in [0.15, 0.2) is 78.4 Å². The fourth-order valence-electron chi connectivity index (χ4n) is 4.16. The van der Waals surface area contributed by atoms with E-state index < -0.39 is 23.7 Å². The van der Waals surface area contributed by atoms with Crippen LogP contribution in [0, 0.1) is 0 Å². The van der Waals surface area contributed by atoms with Crippen LogP contribution in [0.2, 0.25) is 0 Å². The molecule has 1 aliphatic rings. The van der Waals surface area contributed by atoms with E-state index in [9.17, 15) is 19.5 Å². The maximum atomic E-state index is 13.3. The highest BCUT2D eigenvalue weighted by Gasteiger charge is 2.47. The minimum absolute atomic E-state index is 0.0621. The maximum absolute atomic E-state index is 13.3. The number of rotatable bonds is 7. The first kappa shape index (κ1) is 24.5. The Hall–Kier alpha value is -4.59. The molecule has 0 unspecified atom stereocenters. The van der Waals surface area contributed by atoms with E-state index in [1.807, 2.05) is 0 Å². The summed E-state index contributed by atoms with van der Waals surface area (Å²) in [6.45, 7) is 1.94. The average Bonchev–Trinajstić information content (AvgIpc) is 3.18. The second-order valence-corrected chi connectivity index (χ2v) is 7.92. The largest absolute Gasteiger partial charge is 0.507 e. The Bertz CT molecular complexity index is 1330. The van der Waals surface area contributed by atoms with Gasteiger partial charge in [-0.2, -0.15) is 0 Å². The van der Waals surface area contributed by atoms with Crippen molar-refractivity contribution in [2.45, 2.75) is 13.0 Å². The summed E-state index contributed by atoms with van der Waals surface area (Å²) in [6, 6.07) is 18.8. The summed E-state index contributed by atoms with van der Waals surface area (Å²) < 4.78 is 15.8. The predicted molar refractivity (Wildman–Crippen MR) is 133 cm³/mol. The number of ketones is 1. The van der Waals surface area contributed by atoms with Crippen molar-refractivity contribution in [2.24, 2.45) is 0 Å². The van der Waals surface area contributed by atoms with Crippen molar-refractivity contribution in [3.05, 3.63) is 95.1 Å². The summed E-state index contributed by atoms with van der Waals surface area (Å²) in [5.41, 5.74) is 1.55. The minimum atomic E-state index is -0.960. The van der Waals surface area contributed by atoms with E-state index in [0.29, 0.717) is 33.9 Å². The SMILES string of the molecule is CCOC(=O)c1ccc(N2C(=O)C(=O)/C(=C(/O)c3ccccc3)[C@H]2c2ccc(OC)c(OC)c2)cc1. The van der Waals surface area contributed by atoms with Gasteiger partial charge in [0.05, 0.1) is 38.0 Å². The molecule has 8 nitrogen and oxygen atoms in total. The molecule has 36 heavy (non-hydrogen) atoms. The number of nitrogens with zero attached hydrogens (tertiary/aromatic N) is 1. The number of Topliss-reactive ketones (excluding diaryl/α,β-unsaturated/α-hetero) is 1. The summed E-state index contributed by atoms with van der Waals surface area (Å²) in [4.78, 5) is 40.0. The van der Waals surface area contributed by atoms with E-state index in [-0.39, 0.29) is 17.9 Å². The first-order valence-corrected chi connectivity index (χ1v) is 11.3. The average molecular weight is 488 g/mol. The number of aliphatic hydroxyl groups is 1. The van der Waals surface area contributed by atoms with Gasteiger partial charge in [0, 0.05) is 11.3 Å². The van der Waals surface area contributed by atoms with Gasteiger partial charge in [-0.3, -0.25) is 14.5 Å². The fourth-order valence-corrected chi connectivity index (χ4v) is 4.16. The standard InChI is InChI=1S/C28H25NO7/c1-4-36-28(33)18-10-13-20(14-11-18)29-24(19-12-15-21(34-2)22(16-19)35-3)23(26(31)27(29)32)25(30)17-8-6-5-7-9-17/h5-16,24,30H,4H2,1-3H3/b25-23+/t24-/m1/s1. The molecular weight excluding hydrogens is 462 g/mol. The quantitative estimate of drug-likeness (QED) is 0.226. The monoisotopic (exact) mass is 487 g/mol. The third-order valence-corrected chi connectivity index (χ3v) is 5.87. The second kappa shape index (κ2) is 10.4. The molecule has 1 saturated heterocycles. The molecule has 1 N–H and O–H groups in total. The number of aliphatic hydroxyl groups excluding tert-OH is 1. The number of ether oxygens (including phenoxy) is 3. The fraction of sp³-hybridized carbons (Fsp3) is 0.179. The van der Waals surface area contributed by atoms with Crippen molar-refractivity contribution in [3.63, 3.8) is 0 Å². The lowest BCUT2D eigenvalue weighted by atomic mass is 9.94. The summed E-state index contributed by atoms with van der Waals surface area (Å²) in [5, 5.41) is 11.2. The number of benzene rings is 3. The lowest BCUT2D eigenvalue weighted by Crippen LogP contribution is -2.29. The zero-order valence-electron chi connectivity index (χ0n) is 20.1. The third-order valence-electron chi connectivity index (χ3n) is 5.87. The van der Waals surface area contributed by atoms with E-state index in [2.05, 4.69) is 0 Å². The van der Waals surface area contributed by atoms with Crippen LogP contribution in [-0.2, 0) is 14.3 Å². The number of hydrogen-bond donors (Lipinski definition) is 1. The van der Waals surface area contributed by atoms with Gasteiger partial charge in [0.2, 0.25) is 0 Å². The molecule has 1 fully saturated rings. The molecule has 4 rings (SSSR count). The highest BCUT2D eigenvalue weighted by Crippen LogP contribution is 2.44. The molecule has 8 heteroatoms. The number of amides is 1. The Kier molecular flexibility index (Phi) is 7.05. The van der Waals surface area contributed by atoms with Gasteiger partial charge in [0.25, 0.3) is 11.7 Å². The third kappa shape index (κ3) is 4.40. The maximum Gasteiger partial charge on any atom is 0.338 e. The van der Waals surface area contributed by atoms with Crippen LogP contribution in [0.4, 0.5) is 5.69 Å². The van der Waals surface area contributed by atoms with Crippen LogP contribution < -0.4 is 14.4 Å². The number of carbonyl (C=O) groups is 3.